The lowest BCUT2D eigenvalue weighted by Crippen LogP contribution is -2.27. The number of hydrogen-bond donors (Lipinski definition) is 2. The lowest BCUT2D eigenvalue weighted by molar-refractivity contribution is 0.204. The van der Waals surface area contributed by atoms with E-state index in [0.717, 1.165) is 12.1 Å². The highest BCUT2D eigenvalue weighted by molar-refractivity contribution is 7.89. The second kappa shape index (κ2) is 8.56. The Morgan fingerprint density at radius 3 is 2.48 bits per heavy atom. The Morgan fingerprint density at radius 1 is 1.13 bits per heavy atom. The molecule has 0 saturated carbocycles. The summed E-state index contributed by atoms with van der Waals surface area (Å²) in [6.07, 6.45) is 0. The number of nitrogens with one attached hydrogen (secondary N) is 2. The molecule has 2 rings (SSSR count). The molecule has 0 aliphatic rings. The number of rotatable bonds is 9. The molecular formula is C16H22N2O3S2. The van der Waals surface area contributed by atoms with Gasteiger partial charge in [0.05, 0.1) is 11.5 Å². The molecule has 0 bridgehead atoms. The summed E-state index contributed by atoms with van der Waals surface area (Å²) in [5, 5.41) is 5.46. The maximum atomic E-state index is 12.0. The fourth-order valence-corrected chi connectivity index (χ4v) is 3.94. The van der Waals surface area contributed by atoms with Crippen LogP contribution in [-0.2, 0) is 27.8 Å². The first-order chi connectivity index (χ1) is 11.0. The van der Waals surface area contributed by atoms with Crippen molar-refractivity contribution in [1.82, 2.24) is 10.0 Å². The Hall–Kier alpha value is -1.25. The van der Waals surface area contributed by atoms with Crippen molar-refractivity contribution in [2.45, 2.75) is 24.9 Å². The van der Waals surface area contributed by atoms with Crippen molar-refractivity contribution >= 4 is 21.4 Å². The molecule has 1 aromatic heterocycles. The Bertz CT molecular complexity index is 709. The number of aryl methyl sites for hydroxylation is 1. The minimum atomic E-state index is -3.46. The molecule has 0 unspecified atom stereocenters. The zero-order chi connectivity index (χ0) is 16.7. The molecule has 1 aromatic carbocycles. The van der Waals surface area contributed by atoms with Gasteiger partial charge in [-0.3, -0.25) is 0 Å². The van der Waals surface area contributed by atoms with Crippen LogP contribution in [0.1, 0.15) is 16.0 Å². The summed E-state index contributed by atoms with van der Waals surface area (Å²) in [4.78, 5) is 1.60. The number of hydrogen-bond acceptors (Lipinski definition) is 5. The fourth-order valence-electron chi connectivity index (χ4n) is 2.05. The average molecular weight is 354 g/mol. The third-order valence-electron chi connectivity index (χ3n) is 3.41. The van der Waals surface area contributed by atoms with E-state index in [-0.39, 0.29) is 11.4 Å². The van der Waals surface area contributed by atoms with Gasteiger partial charge in [-0.2, -0.15) is 0 Å². The Kier molecular flexibility index (Phi) is 6.73. The fraction of sp³-hybridized carbons (Fsp3) is 0.375. The van der Waals surface area contributed by atoms with Gasteiger partial charge in [0.25, 0.3) is 0 Å². The Morgan fingerprint density at radius 2 is 1.87 bits per heavy atom. The lowest BCUT2D eigenvalue weighted by Gasteiger charge is -2.08. The predicted molar refractivity (Wildman–Crippen MR) is 93.1 cm³/mol. The van der Waals surface area contributed by atoms with Crippen molar-refractivity contribution in [3.05, 3.63) is 51.7 Å². The molecule has 0 aliphatic heterocycles. The third-order valence-corrected chi connectivity index (χ3v) is 5.91. The Balaban J connectivity index is 1.88. The van der Waals surface area contributed by atoms with E-state index in [0.29, 0.717) is 13.2 Å². The van der Waals surface area contributed by atoms with Crippen molar-refractivity contribution in [1.29, 1.82) is 0 Å². The quantitative estimate of drug-likeness (QED) is 0.678. The topological polar surface area (TPSA) is 67.4 Å². The van der Waals surface area contributed by atoms with Gasteiger partial charge >= 0.3 is 0 Å². The summed E-state index contributed by atoms with van der Waals surface area (Å²) in [6.45, 7) is 4.24. The number of methoxy groups -OCH3 is 1. The molecule has 0 atom stereocenters. The van der Waals surface area contributed by atoms with Crippen molar-refractivity contribution in [2.75, 3.05) is 20.3 Å². The first kappa shape index (κ1) is 18.1. The van der Waals surface area contributed by atoms with E-state index < -0.39 is 10.0 Å². The van der Waals surface area contributed by atoms with Crippen LogP contribution in [0.2, 0.25) is 0 Å². The molecule has 1 heterocycles. The molecule has 0 spiro atoms. The van der Waals surface area contributed by atoms with E-state index in [4.69, 9.17) is 4.74 Å². The SMILES string of the molecule is COCCNS(=O)(=O)c1ccc(CNCc2sccc2C)cc1. The van der Waals surface area contributed by atoms with Gasteiger partial charge < -0.3 is 10.1 Å². The lowest BCUT2D eigenvalue weighted by atomic mass is 10.2. The van der Waals surface area contributed by atoms with Crippen LogP contribution >= 0.6 is 11.3 Å². The highest BCUT2D eigenvalue weighted by Crippen LogP contribution is 2.15. The minimum absolute atomic E-state index is 0.266. The van der Waals surface area contributed by atoms with Gasteiger partial charge in [-0.05, 0) is 41.6 Å². The minimum Gasteiger partial charge on any atom is -0.383 e. The van der Waals surface area contributed by atoms with Gasteiger partial charge in [0.2, 0.25) is 10.0 Å². The maximum absolute atomic E-state index is 12.0. The largest absolute Gasteiger partial charge is 0.383 e. The van der Waals surface area contributed by atoms with Crippen LogP contribution in [0, 0.1) is 6.92 Å². The van der Waals surface area contributed by atoms with Crippen molar-refractivity contribution in [3.8, 4) is 0 Å². The van der Waals surface area contributed by atoms with Gasteiger partial charge in [-0.1, -0.05) is 12.1 Å². The molecule has 126 valence electrons. The standard InChI is InChI=1S/C16H22N2O3S2/c1-13-7-10-22-16(13)12-17-11-14-3-5-15(6-4-14)23(19,20)18-8-9-21-2/h3-7,10,17-18H,8-9,11-12H2,1-2H3. The molecule has 23 heavy (non-hydrogen) atoms. The van der Waals surface area contributed by atoms with E-state index in [1.54, 1.807) is 23.5 Å². The molecular weight excluding hydrogens is 332 g/mol. The number of sulfonamides is 1. The van der Waals surface area contributed by atoms with Gasteiger partial charge in [0, 0.05) is 31.6 Å². The van der Waals surface area contributed by atoms with Crippen molar-refractivity contribution in [2.24, 2.45) is 0 Å². The number of ether oxygens (including phenoxy) is 1. The molecule has 0 amide bonds. The van der Waals surface area contributed by atoms with Crippen LogP contribution in [0.5, 0.6) is 0 Å². The molecule has 0 aliphatic carbocycles. The van der Waals surface area contributed by atoms with Gasteiger partial charge in [-0.15, -0.1) is 11.3 Å². The maximum Gasteiger partial charge on any atom is 0.240 e. The third kappa shape index (κ3) is 5.40. The number of thiophene rings is 1. The second-order valence-corrected chi connectivity index (χ2v) is 7.93. The predicted octanol–water partition coefficient (Wildman–Crippen LogP) is 2.27. The highest BCUT2D eigenvalue weighted by atomic mass is 32.2. The molecule has 0 radical (unpaired) electrons. The van der Waals surface area contributed by atoms with Crippen LogP contribution in [0.4, 0.5) is 0 Å². The van der Waals surface area contributed by atoms with E-state index in [9.17, 15) is 8.42 Å². The normalized spacial score (nSPS) is 11.7. The summed E-state index contributed by atoms with van der Waals surface area (Å²) in [5.41, 5.74) is 2.35. The van der Waals surface area contributed by atoms with E-state index in [1.807, 2.05) is 12.1 Å². The van der Waals surface area contributed by atoms with Crippen molar-refractivity contribution in [3.63, 3.8) is 0 Å². The summed E-state index contributed by atoms with van der Waals surface area (Å²) >= 11 is 1.74. The molecule has 2 N–H and O–H groups in total. The van der Waals surface area contributed by atoms with Gasteiger partial charge in [-0.25, -0.2) is 13.1 Å². The Labute approximate surface area is 141 Å². The summed E-state index contributed by atoms with van der Waals surface area (Å²) in [7, 11) is -1.92. The molecule has 0 saturated heterocycles. The zero-order valence-electron chi connectivity index (χ0n) is 13.3. The summed E-state index contributed by atoms with van der Waals surface area (Å²) in [5.74, 6) is 0. The van der Waals surface area contributed by atoms with Crippen LogP contribution < -0.4 is 10.0 Å². The molecule has 2 aromatic rings. The van der Waals surface area contributed by atoms with Crippen LogP contribution in [0.15, 0.2) is 40.6 Å². The molecule has 5 nitrogen and oxygen atoms in total. The first-order valence-corrected chi connectivity index (χ1v) is 9.70. The summed E-state index contributed by atoms with van der Waals surface area (Å²) < 4.78 is 31.4. The molecule has 7 heteroatoms. The highest BCUT2D eigenvalue weighted by Gasteiger charge is 2.12. The molecule has 0 fully saturated rings. The van der Waals surface area contributed by atoms with Crippen LogP contribution in [0.3, 0.4) is 0 Å². The van der Waals surface area contributed by atoms with Crippen LogP contribution in [0.25, 0.3) is 0 Å². The van der Waals surface area contributed by atoms with Gasteiger partial charge in [0.1, 0.15) is 0 Å². The smallest absolute Gasteiger partial charge is 0.240 e. The van der Waals surface area contributed by atoms with E-state index in [1.165, 1.54) is 17.6 Å². The van der Waals surface area contributed by atoms with E-state index >= 15 is 0 Å². The van der Waals surface area contributed by atoms with Crippen LogP contribution in [-0.4, -0.2) is 28.7 Å². The number of benzene rings is 1. The second-order valence-electron chi connectivity index (χ2n) is 5.16. The van der Waals surface area contributed by atoms with Gasteiger partial charge in [0.15, 0.2) is 0 Å². The monoisotopic (exact) mass is 354 g/mol. The zero-order valence-corrected chi connectivity index (χ0v) is 15.0. The first-order valence-electron chi connectivity index (χ1n) is 7.34. The summed E-state index contributed by atoms with van der Waals surface area (Å²) in [6, 6.07) is 9.03. The van der Waals surface area contributed by atoms with E-state index in [2.05, 4.69) is 28.4 Å². The van der Waals surface area contributed by atoms with Crippen molar-refractivity contribution < 1.29 is 13.2 Å². The average Bonchev–Trinajstić information content (AvgIpc) is 2.93.